The van der Waals surface area contributed by atoms with Gasteiger partial charge in [0.15, 0.2) is 0 Å². The van der Waals surface area contributed by atoms with Crippen molar-refractivity contribution < 1.29 is 0 Å². The molecule has 3 aromatic rings. The van der Waals surface area contributed by atoms with Crippen LogP contribution in [0.25, 0.3) is 16.9 Å². The molecule has 0 unspecified atom stereocenters. The first kappa shape index (κ1) is 15.3. The molecule has 23 heavy (non-hydrogen) atoms. The van der Waals surface area contributed by atoms with Crippen LogP contribution in [-0.4, -0.2) is 16.3 Å². The number of benzene rings is 2. The molecular weight excluding hydrogens is 444 g/mol. The predicted molar refractivity (Wildman–Crippen MR) is 104 cm³/mol. The molecule has 6 heteroatoms. The van der Waals surface area contributed by atoms with Crippen LogP contribution in [0, 0.1) is 3.57 Å². The number of rotatable bonds is 2. The third-order valence-electron chi connectivity index (χ3n) is 3.92. The lowest BCUT2D eigenvalue weighted by atomic mass is 10.1. The van der Waals surface area contributed by atoms with E-state index in [1.165, 1.54) is 9.13 Å². The van der Waals surface area contributed by atoms with Gasteiger partial charge in [-0.15, -0.1) is 0 Å². The lowest BCUT2D eigenvalue weighted by Crippen LogP contribution is -2.04. The van der Waals surface area contributed by atoms with E-state index in [4.69, 9.17) is 28.3 Å². The molecule has 4 rings (SSSR count). The van der Waals surface area contributed by atoms with Crippen LogP contribution >= 0.6 is 45.8 Å². The summed E-state index contributed by atoms with van der Waals surface area (Å²) in [5.41, 5.74) is 4.30. The van der Waals surface area contributed by atoms with Crippen molar-refractivity contribution in [3.8, 4) is 16.9 Å². The molecule has 3 nitrogen and oxygen atoms in total. The normalized spacial score (nSPS) is 13.0. The summed E-state index contributed by atoms with van der Waals surface area (Å²) < 4.78 is 3.13. The minimum atomic E-state index is 0.530. The molecule has 0 saturated heterocycles. The van der Waals surface area contributed by atoms with Gasteiger partial charge in [0.25, 0.3) is 0 Å². The SMILES string of the molecule is Clc1ccc(-n2nc(-c3ccc(I)cc3)c3c2NCC3)cc1Cl. The highest BCUT2D eigenvalue weighted by Gasteiger charge is 2.24. The fraction of sp³-hybridized carbons (Fsp3) is 0.118. The summed E-state index contributed by atoms with van der Waals surface area (Å²) in [6.45, 7) is 0.922. The van der Waals surface area contributed by atoms with Crippen LogP contribution in [0.5, 0.6) is 0 Å². The summed E-state index contributed by atoms with van der Waals surface area (Å²) in [7, 11) is 0. The Kier molecular flexibility index (Phi) is 3.99. The Labute approximate surface area is 157 Å². The summed E-state index contributed by atoms with van der Waals surface area (Å²) in [5.74, 6) is 1.04. The van der Waals surface area contributed by atoms with Crippen LogP contribution in [0.4, 0.5) is 5.82 Å². The zero-order valence-electron chi connectivity index (χ0n) is 12.0. The van der Waals surface area contributed by atoms with Gasteiger partial charge in [-0.05, 0) is 59.3 Å². The average molecular weight is 456 g/mol. The van der Waals surface area contributed by atoms with Crippen LogP contribution in [0.3, 0.4) is 0 Å². The zero-order valence-corrected chi connectivity index (χ0v) is 15.7. The highest BCUT2D eigenvalue weighted by atomic mass is 127. The van der Waals surface area contributed by atoms with Gasteiger partial charge in [0.2, 0.25) is 0 Å². The Morgan fingerprint density at radius 3 is 2.57 bits per heavy atom. The third-order valence-corrected chi connectivity index (χ3v) is 5.37. The average Bonchev–Trinajstić information content (AvgIpc) is 3.13. The van der Waals surface area contributed by atoms with Gasteiger partial charge in [0.1, 0.15) is 5.82 Å². The van der Waals surface area contributed by atoms with Crippen LogP contribution in [-0.2, 0) is 6.42 Å². The largest absolute Gasteiger partial charge is 0.369 e. The van der Waals surface area contributed by atoms with E-state index in [1.807, 2.05) is 16.8 Å². The first-order valence-corrected chi connectivity index (χ1v) is 9.04. The Balaban J connectivity index is 1.87. The lowest BCUT2D eigenvalue weighted by molar-refractivity contribution is 0.882. The van der Waals surface area contributed by atoms with E-state index in [0.717, 1.165) is 35.7 Å². The molecule has 0 bridgehead atoms. The Bertz CT molecular complexity index is 888. The van der Waals surface area contributed by atoms with E-state index < -0.39 is 0 Å². The first-order valence-electron chi connectivity index (χ1n) is 7.20. The van der Waals surface area contributed by atoms with Crippen molar-refractivity contribution in [2.45, 2.75) is 6.42 Å². The molecule has 1 aliphatic rings. The van der Waals surface area contributed by atoms with Crippen LogP contribution in [0.2, 0.25) is 10.0 Å². The van der Waals surface area contributed by atoms with Crippen molar-refractivity contribution in [1.29, 1.82) is 0 Å². The molecule has 1 aliphatic heterocycles. The van der Waals surface area contributed by atoms with E-state index >= 15 is 0 Å². The van der Waals surface area contributed by atoms with E-state index in [0.29, 0.717) is 10.0 Å². The van der Waals surface area contributed by atoms with Crippen LogP contribution < -0.4 is 5.32 Å². The molecule has 1 aromatic heterocycles. The minimum absolute atomic E-state index is 0.530. The number of nitrogens with zero attached hydrogens (tertiary/aromatic N) is 2. The van der Waals surface area contributed by atoms with Gasteiger partial charge in [-0.25, -0.2) is 4.68 Å². The Hall–Kier alpha value is -1.24. The van der Waals surface area contributed by atoms with E-state index in [9.17, 15) is 0 Å². The molecule has 116 valence electrons. The number of hydrogen-bond acceptors (Lipinski definition) is 2. The highest BCUT2D eigenvalue weighted by molar-refractivity contribution is 14.1. The number of fused-ring (bicyclic) bond motifs is 1. The molecule has 0 amide bonds. The first-order chi connectivity index (χ1) is 11.1. The second-order valence-electron chi connectivity index (χ2n) is 5.37. The summed E-state index contributed by atoms with van der Waals surface area (Å²) >= 11 is 14.5. The standard InChI is InChI=1S/C17H12Cl2IN3/c18-14-6-5-12(9-15(14)19)23-17-13(7-8-21-17)16(22-23)10-1-3-11(20)4-2-10/h1-6,9,21H,7-8H2. The van der Waals surface area contributed by atoms with Gasteiger partial charge in [-0.2, -0.15) is 5.10 Å². The zero-order chi connectivity index (χ0) is 16.0. The third kappa shape index (κ3) is 2.73. The van der Waals surface area contributed by atoms with Crippen molar-refractivity contribution >= 4 is 51.6 Å². The lowest BCUT2D eigenvalue weighted by Gasteiger charge is -2.07. The fourth-order valence-corrected chi connectivity index (χ4v) is 3.47. The van der Waals surface area contributed by atoms with Gasteiger partial charge in [0.05, 0.1) is 21.4 Å². The molecule has 2 aromatic carbocycles. The van der Waals surface area contributed by atoms with Gasteiger partial charge in [-0.1, -0.05) is 35.3 Å². The number of aromatic nitrogens is 2. The topological polar surface area (TPSA) is 29.9 Å². The van der Waals surface area contributed by atoms with E-state index in [-0.39, 0.29) is 0 Å². The monoisotopic (exact) mass is 455 g/mol. The maximum Gasteiger partial charge on any atom is 0.133 e. The van der Waals surface area contributed by atoms with Gasteiger partial charge >= 0.3 is 0 Å². The molecular formula is C17H12Cl2IN3. The molecule has 0 aliphatic carbocycles. The number of anilines is 1. The van der Waals surface area contributed by atoms with Gasteiger partial charge in [-0.3, -0.25) is 0 Å². The molecule has 0 atom stereocenters. The minimum Gasteiger partial charge on any atom is -0.369 e. The van der Waals surface area contributed by atoms with Crippen molar-refractivity contribution in [1.82, 2.24) is 9.78 Å². The number of nitrogens with one attached hydrogen (secondary N) is 1. The highest BCUT2D eigenvalue weighted by Crippen LogP contribution is 2.35. The van der Waals surface area contributed by atoms with Gasteiger partial charge in [0, 0.05) is 21.2 Å². The van der Waals surface area contributed by atoms with Crippen molar-refractivity contribution in [3.05, 3.63) is 61.6 Å². The Morgan fingerprint density at radius 1 is 1.04 bits per heavy atom. The number of halogens is 3. The van der Waals surface area contributed by atoms with Crippen molar-refractivity contribution in [2.24, 2.45) is 0 Å². The second-order valence-corrected chi connectivity index (χ2v) is 7.43. The molecule has 1 N–H and O–H groups in total. The fourth-order valence-electron chi connectivity index (χ4n) is 2.82. The second kappa shape index (κ2) is 6.00. The van der Waals surface area contributed by atoms with E-state index in [1.54, 1.807) is 6.07 Å². The van der Waals surface area contributed by atoms with Crippen LogP contribution in [0.1, 0.15) is 5.56 Å². The molecule has 0 spiro atoms. The smallest absolute Gasteiger partial charge is 0.133 e. The van der Waals surface area contributed by atoms with Crippen molar-refractivity contribution in [2.75, 3.05) is 11.9 Å². The number of hydrogen-bond donors (Lipinski definition) is 1. The summed E-state index contributed by atoms with van der Waals surface area (Å²) in [6, 6.07) is 14.0. The summed E-state index contributed by atoms with van der Waals surface area (Å²) in [4.78, 5) is 0. The van der Waals surface area contributed by atoms with Gasteiger partial charge < -0.3 is 5.32 Å². The molecule has 2 heterocycles. The van der Waals surface area contributed by atoms with E-state index in [2.05, 4.69) is 52.2 Å². The maximum absolute atomic E-state index is 6.16. The van der Waals surface area contributed by atoms with Crippen molar-refractivity contribution in [3.63, 3.8) is 0 Å². The summed E-state index contributed by atoms with van der Waals surface area (Å²) in [5, 5.41) is 9.32. The van der Waals surface area contributed by atoms with Crippen LogP contribution in [0.15, 0.2) is 42.5 Å². The molecule has 0 radical (unpaired) electrons. The molecule has 0 saturated carbocycles. The predicted octanol–water partition coefficient (Wildman–Crippen LogP) is 5.42. The molecule has 0 fully saturated rings. The summed E-state index contributed by atoms with van der Waals surface area (Å²) in [6.07, 6.45) is 0.970. The maximum atomic E-state index is 6.16. The quantitative estimate of drug-likeness (QED) is 0.523. The Morgan fingerprint density at radius 2 is 1.83 bits per heavy atom.